The summed E-state index contributed by atoms with van der Waals surface area (Å²) in [5, 5.41) is 14.5. The number of rotatable bonds is 8. The van der Waals surface area contributed by atoms with Crippen molar-refractivity contribution in [1.82, 2.24) is 19.7 Å². The van der Waals surface area contributed by atoms with Crippen molar-refractivity contribution in [3.63, 3.8) is 0 Å². The van der Waals surface area contributed by atoms with Crippen molar-refractivity contribution in [1.29, 1.82) is 0 Å². The number of aliphatic hydroxyl groups is 1. The van der Waals surface area contributed by atoms with Crippen LogP contribution in [-0.4, -0.2) is 75.0 Å². The summed E-state index contributed by atoms with van der Waals surface area (Å²) < 4.78 is 22.4. The Morgan fingerprint density at radius 2 is 2.11 bits per heavy atom. The van der Waals surface area contributed by atoms with Gasteiger partial charge in [0.05, 0.1) is 24.5 Å². The molecule has 0 saturated carbocycles. The topological polar surface area (TPSA) is 92.8 Å². The second kappa shape index (κ2) is 10.2. The highest BCUT2D eigenvalue weighted by Gasteiger charge is 2.30. The average Bonchev–Trinajstić information content (AvgIpc) is 3.38. The van der Waals surface area contributed by atoms with Gasteiger partial charge in [0.15, 0.2) is 5.78 Å². The van der Waals surface area contributed by atoms with Crippen molar-refractivity contribution >= 4 is 35.2 Å². The van der Waals surface area contributed by atoms with Gasteiger partial charge < -0.3 is 14.7 Å². The third-order valence-corrected chi connectivity index (χ3v) is 7.42. The van der Waals surface area contributed by atoms with Crippen molar-refractivity contribution in [3.05, 3.63) is 40.2 Å². The summed E-state index contributed by atoms with van der Waals surface area (Å²) in [6.45, 7) is 7.17. The van der Waals surface area contributed by atoms with Gasteiger partial charge in [-0.1, -0.05) is 18.5 Å². The molecule has 0 spiro atoms. The van der Waals surface area contributed by atoms with E-state index < -0.39 is 11.4 Å². The van der Waals surface area contributed by atoms with E-state index in [1.54, 1.807) is 17.0 Å². The van der Waals surface area contributed by atoms with E-state index in [4.69, 9.17) is 27.9 Å². The number of aliphatic hydroxyl groups excluding tert-OH is 1. The molecule has 11 heteroatoms. The number of Topliss-reactive ketones (excluding diaryl/α,β-unsaturated/α-hetero) is 1. The molecular weight excluding hydrogens is 496 g/mol. The molecular formula is C24H28Cl2FN5O3. The quantitative estimate of drug-likeness (QED) is 0.420. The first kappa shape index (κ1) is 25.6. The smallest absolute Gasteiger partial charge is 0.216 e. The van der Waals surface area contributed by atoms with Crippen LogP contribution in [0.2, 0.25) is 0 Å². The molecule has 2 aromatic rings. The van der Waals surface area contributed by atoms with E-state index in [-0.39, 0.29) is 41.8 Å². The molecule has 4 rings (SSSR count). The number of pyridine rings is 1. The summed E-state index contributed by atoms with van der Waals surface area (Å²) in [6.07, 6.45) is 2.02. The van der Waals surface area contributed by atoms with E-state index >= 15 is 0 Å². The fraction of sp³-hybridized carbons (Fsp3) is 0.500. The van der Waals surface area contributed by atoms with Crippen LogP contribution in [0.3, 0.4) is 0 Å². The zero-order valence-corrected chi connectivity index (χ0v) is 21.4. The molecule has 1 saturated heterocycles. The summed E-state index contributed by atoms with van der Waals surface area (Å²) in [5.74, 6) is -0.412. The van der Waals surface area contributed by atoms with Gasteiger partial charge in [0, 0.05) is 60.4 Å². The van der Waals surface area contributed by atoms with Gasteiger partial charge in [-0.25, -0.2) is 0 Å². The Morgan fingerprint density at radius 1 is 1.34 bits per heavy atom. The Kier molecular flexibility index (Phi) is 7.49. The van der Waals surface area contributed by atoms with E-state index in [0.29, 0.717) is 37.3 Å². The first-order valence-electron chi connectivity index (χ1n) is 11.4. The van der Waals surface area contributed by atoms with Crippen molar-refractivity contribution < 1.29 is 19.0 Å². The van der Waals surface area contributed by atoms with Crippen LogP contribution >= 0.6 is 23.2 Å². The molecule has 8 nitrogen and oxygen atoms in total. The molecule has 1 unspecified atom stereocenters. The van der Waals surface area contributed by atoms with E-state index in [2.05, 4.69) is 15.1 Å². The lowest BCUT2D eigenvalue weighted by Gasteiger charge is -2.24. The molecule has 4 heterocycles. The number of dihydropyridines is 1. The number of ether oxygens (including phenoxy) is 1. The number of aryl methyl sites for hydroxylation is 1. The Hall–Kier alpha value is -2.49. The first-order valence-corrected chi connectivity index (χ1v) is 12.3. The van der Waals surface area contributed by atoms with Gasteiger partial charge >= 0.3 is 0 Å². The molecule has 2 atom stereocenters. The average molecular weight is 524 g/mol. The van der Waals surface area contributed by atoms with Gasteiger partial charge in [0.1, 0.15) is 17.7 Å². The summed E-state index contributed by atoms with van der Waals surface area (Å²) in [6, 6.07) is 3.06. The zero-order chi connectivity index (χ0) is 25.3. The highest BCUT2D eigenvalue weighted by molar-refractivity contribution is 6.44. The van der Waals surface area contributed by atoms with E-state index in [0.717, 1.165) is 17.0 Å². The summed E-state index contributed by atoms with van der Waals surface area (Å²) in [4.78, 5) is 21.8. The number of ketones is 1. The minimum atomic E-state index is -0.657. The predicted molar refractivity (Wildman–Crippen MR) is 133 cm³/mol. The standard InChI is InChI=1S/C24H28Cl2FN5O3/c1-14-22(15(2)32(30-14)12-24(3,11-25)13-33)16-6-20(27)29-21(7-16)35-17-4-5-31(10-17)18-8-28-9-19(34)23(18)26/h6-8,17,33H,4-5,9-13H2,1-3H3/t17-,24?/m1/s1. The molecule has 1 fully saturated rings. The van der Waals surface area contributed by atoms with Crippen LogP contribution in [-0.2, 0) is 11.3 Å². The molecule has 0 amide bonds. The number of hydrogen-bond donors (Lipinski definition) is 1. The van der Waals surface area contributed by atoms with Gasteiger partial charge in [0.2, 0.25) is 11.8 Å². The lowest BCUT2D eigenvalue weighted by atomic mass is 9.94. The van der Waals surface area contributed by atoms with Crippen molar-refractivity contribution in [2.24, 2.45) is 10.4 Å². The van der Waals surface area contributed by atoms with E-state index in [1.165, 1.54) is 6.07 Å². The molecule has 2 aliphatic rings. The van der Waals surface area contributed by atoms with Crippen molar-refractivity contribution in [2.75, 3.05) is 32.1 Å². The third-order valence-electron chi connectivity index (χ3n) is 6.37. The fourth-order valence-electron chi connectivity index (χ4n) is 4.36. The van der Waals surface area contributed by atoms with Gasteiger partial charge in [-0.05, 0) is 19.4 Å². The van der Waals surface area contributed by atoms with Crippen LogP contribution in [0.1, 0.15) is 24.7 Å². The van der Waals surface area contributed by atoms with Gasteiger partial charge in [-0.3, -0.25) is 14.5 Å². The van der Waals surface area contributed by atoms with Crippen LogP contribution in [0.4, 0.5) is 4.39 Å². The third kappa shape index (κ3) is 5.37. The Bertz CT molecular complexity index is 1190. The van der Waals surface area contributed by atoms with Gasteiger partial charge in [-0.15, -0.1) is 11.6 Å². The normalized spacial score (nSPS) is 20.0. The Labute approximate surface area is 213 Å². The highest BCUT2D eigenvalue weighted by atomic mass is 35.5. The summed E-state index contributed by atoms with van der Waals surface area (Å²) in [7, 11) is 0. The maximum atomic E-state index is 14.5. The monoisotopic (exact) mass is 523 g/mol. The van der Waals surface area contributed by atoms with Crippen LogP contribution in [0.5, 0.6) is 5.88 Å². The van der Waals surface area contributed by atoms with E-state index in [1.807, 2.05) is 25.7 Å². The van der Waals surface area contributed by atoms with Crippen LogP contribution in [0.25, 0.3) is 11.1 Å². The van der Waals surface area contributed by atoms with Crippen LogP contribution < -0.4 is 4.74 Å². The number of alkyl halides is 1. The predicted octanol–water partition coefficient (Wildman–Crippen LogP) is 3.50. The number of likely N-dealkylation sites (tertiary alicyclic amines) is 1. The van der Waals surface area contributed by atoms with Gasteiger partial charge in [-0.2, -0.15) is 14.5 Å². The van der Waals surface area contributed by atoms with Crippen molar-refractivity contribution in [3.8, 4) is 17.0 Å². The molecule has 2 aromatic heterocycles. The summed E-state index contributed by atoms with van der Waals surface area (Å²) >= 11 is 12.2. The van der Waals surface area contributed by atoms with Crippen LogP contribution in [0.15, 0.2) is 27.9 Å². The highest BCUT2D eigenvalue weighted by Crippen LogP contribution is 2.32. The Balaban J connectivity index is 1.54. The molecule has 1 N–H and O–H groups in total. The number of nitrogens with zero attached hydrogens (tertiary/aromatic N) is 5. The maximum absolute atomic E-state index is 14.5. The Morgan fingerprint density at radius 3 is 2.83 bits per heavy atom. The minimum Gasteiger partial charge on any atom is -0.472 e. The maximum Gasteiger partial charge on any atom is 0.216 e. The molecule has 2 aliphatic heterocycles. The molecule has 0 aliphatic carbocycles. The van der Waals surface area contributed by atoms with Crippen molar-refractivity contribution in [2.45, 2.75) is 39.8 Å². The SMILES string of the molecule is Cc1nn(CC(C)(CO)CCl)c(C)c1-c1cc(F)nc(O[C@@H]2CCN(C3=C(Cl)C(=O)CN=C3)C2)c1. The molecule has 35 heavy (non-hydrogen) atoms. The second-order valence-corrected chi connectivity index (χ2v) is 10.0. The number of aliphatic imine (C=N–C) groups is 1. The summed E-state index contributed by atoms with van der Waals surface area (Å²) in [5.41, 5.74) is 3.01. The van der Waals surface area contributed by atoms with Gasteiger partial charge in [0.25, 0.3) is 0 Å². The zero-order valence-electron chi connectivity index (χ0n) is 19.9. The largest absolute Gasteiger partial charge is 0.472 e. The lowest BCUT2D eigenvalue weighted by molar-refractivity contribution is -0.113. The number of carbonyl (C=O) groups is 1. The molecule has 0 radical (unpaired) electrons. The minimum absolute atomic E-state index is 0.0621. The number of allylic oxidation sites excluding steroid dienone is 1. The van der Waals surface area contributed by atoms with Crippen LogP contribution in [0, 0.1) is 25.2 Å². The number of aromatic nitrogens is 3. The molecule has 188 valence electrons. The molecule has 0 aromatic carbocycles. The fourth-order valence-corrected chi connectivity index (χ4v) is 4.76. The van der Waals surface area contributed by atoms with E-state index in [9.17, 15) is 14.3 Å². The lowest BCUT2D eigenvalue weighted by Crippen LogP contribution is -2.30. The number of halogens is 3. The number of hydrogen-bond acceptors (Lipinski definition) is 7. The second-order valence-electron chi connectivity index (χ2n) is 9.39. The first-order chi connectivity index (χ1) is 16.6. The number of carbonyl (C=O) groups excluding carboxylic acids is 1. The molecule has 0 bridgehead atoms.